The zero-order chi connectivity index (χ0) is 10.7. The van der Waals surface area contributed by atoms with Crippen molar-refractivity contribution in [2.45, 2.75) is 18.3 Å². The molecule has 0 aliphatic heterocycles. The van der Waals surface area contributed by atoms with Gasteiger partial charge in [0.1, 0.15) is 0 Å². The molecule has 13 heavy (non-hydrogen) atoms. The Morgan fingerprint density at radius 2 is 1.69 bits per heavy atom. The van der Waals surface area contributed by atoms with Gasteiger partial charge < -0.3 is 4.74 Å². The van der Waals surface area contributed by atoms with Crippen LogP contribution < -0.4 is 0 Å². The molecule has 0 bridgehead atoms. The zero-order valence-electron chi connectivity index (χ0n) is 5.87. The fraction of sp³-hybridized carbons (Fsp3) is 0.800. The van der Waals surface area contributed by atoms with Gasteiger partial charge in [0, 0.05) is 0 Å². The van der Waals surface area contributed by atoms with Gasteiger partial charge in [-0.1, -0.05) is 0 Å². The Labute approximate surface area is 68.5 Å². The van der Waals surface area contributed by atoms with Crippen LogP contribution in [0.15, 0.2) is 0 Å². The highest BCUT2D eigenvalue weighted by atomic mass is 19.3. The number of carbonyl (C=O) groups excluding carboxylic acids is 1. The molecule has 2 nitrogen and oxygen atoms in total. The predicted octanol–water partition coefficient (Wildman–Crippen LogP) is 1.61. The molecule has 77 valence electrons. The highest BCUT2D eigenvalue weighted by Crippen LogP contribution is 2.38. The van der Waals surface area contributed by atoms with Gasteiger partial charge in [-0.2, -0.15) is 17.6 Å². The topological polar surface area (TPSA) is 26.3 Å². The summed E-state index contributed by atoms with van der Waals surface area (Å²) in [5.41, 5.74) is 0. The predicted molar refractivity (Wildman–Crippen MR) is 27.5 cm³/mol. The van der Waals surface area contributed by atoms with Crippen molar-refractivity contribution >= 4 is 6.47 Å². The first-order chi connectivity index (χ1) is 5.75. The van der Waals surface area contributed by atoms with E-state index >= 15 is 0 Å². The minimum Gasteiger partial charge on any atom is -0.451 e. The molecule has 0 aliphatic rings. The summed E-state index contributed by atoms with van der Waals surface area (Å²) in [5, 5.41) is 0. The number of alkyl halides is 6. The van der Waals surface area contributed by atoms with Crippen LogP contribution in [0.25, 0.3) is 0 Å². The van der Waals surface area contributed by atoms with Gasteiger partial charge in [-0.05, 0) is 0 Å². The quantitative estimate of drug-likeness (QED) is 0.643. The minimum absolute atomic E-state index is 0.427. The van der Waals surface area contributed by atoms with E-state index in [2.05, 4.69) is 4.74 Å². The lowest BCUT2D eigenvalue weighted by molar-refractivity contribution is -0.272. The molecule has 0 aromatic carbocycles. The third-order valence-electron chi connectivity index (χ3n) is 1.07. The molecular weight excluding hydrogens is 206 g/mol. The van der Waals surface area contributed by atoms with Crippen molar-refractivity contribution in [1.82, 2.24) is 0 Å². The van der Waals surface area contributed by atoms with E-state index in [1.54, 1.807) is 0 Å². The van der Waals surface area contributed by atoms with E-state index in [1.165, 1.54) is 0 Å². The van der Waals surface area contributed by atoms with Gasteiger partial charge in [0.05, 0.1) is 0 Å². The van der Waals surface area contributed by atoms with Gasteiger partial charge in [-0.3, -0.25) is 0 Å². The van der Waals surface area contributed by atoms with Gasteiger partial charge >= 0.3 is 24.7 Å². The van der Waals surface area contributed by atoms with E-state index in [1.807, 2.05) is 0 Å². The van der Waals surface area contributed by atoms with Crippen molar-refractivity contribution in [1.29, 1.82) is 0 Å². The molecule has 0 aromatic heterocycles. The largest absolute Gasteiger partial charge is 0.451 e. The second kappa shape index (κ2) is 3.84. The van der Waals surface area contributed by atoms with Crippen molar-refractivity contribution in [3.8, 4) is 0 Å². The third-order valence-corrected chi connectivity index (χ3v) is 1.07. The summed E-state index contributed by atoms with van der Waals surface area (Å²) in [6.45, 7) is -1.70. The molecular formula is C5H3F6O2. The first-order valence-electron chi connectivity index (χ1n) is 2.78. The van der Waals surface area contributed by atoms with Crippen LogP contribution in [-0.2, 0) is 9.53 Å². The van der Waals surface area contributed by atoms with Crippen LogP contribution in [0.5, 0.6) is 0 Å². The molecule has 0 unspecified atom stereocenters. The molecule has 0 saturated heterocycles. The Balaban J connectivity index is 4.49. The Hall–Kier alpha value is -0.950. The lowest BCUT2D eigenvalue weighted by Crippen LogP contribution is -2.49. The summed E-state index contributed by atoms with van der Waals surface area (Å²) in [6.07, 6.45) is -4.53. The average molecular weight is 209 g/mol. The van der Waals surface area contributed by atoms with Crippen LogP contribution >= 0.6 is 0 Å². The Bertz CT molecular complexity index is 180. The highest BCUT2D eigenvalue weighted by Gasteiger charge is 2.63. The summed E-state index contributed by atoms with van der Waals surface area (Å²) >= 11 is 0. The van der Waals surface area contributed by atoms with Crippen molar-refractivity contribution in [3.63, 3.8) is 0 Å². The van der Waals surface area contributed by atoms with E-state index in [0.717, 1.165) is 0 Å². The van der Waals surface area contributed by atoms with Crippen molar-refractivity contribution in [2.24, 2.45) is 0 Å². The maximum Gasteiger partial charge on any atom is 0.417 e. The normalized spacial score (nSPS) is 13.2. The van der Waals surface area contributed by atoms with Crippen molar-refractivity contribution in [3.05, 3.63) is 0 Å². The van der Waals surface area contributed by atoms with Crippen LogP contribution in [0.4, 0.5) is 26.3 Å². The van der Waals surface area contributed by atoms with E-state index in [0.29, 0.717) is 6.47 Å². The Morgan fingerprint density at radius 1 is 1.23 bits per heavy atom. The van der Waals surface area contributed by atoms with E-state index in [-0.39, 0.29) is 0 Å². The lowest BCUT2D eigenvalue weighted by atomic mass is 10.2. The summed E-state index contributed by atoms with van der Waals surface area (Å²) in [6, 6.07) is 0. The molecule has 0 aliphatic carbocycles. The van der Waals surface area contributed by atoms with Crippen LogP contribution in [0.1, 0.15) is 0 Å². The second-order valence-corrected chi connectivity index (χ2v) is 2.00. The SMILES string of the molecule is O=[C]OCC(F)(F)C(F)(F)C(F)F. The molecule has 0 rings (SSSR count). The summed E-state index contributed by atoms with van der Waals surface area (Å²) in [5.74, 6) is -10.6. The van der Waals surface area contributed by atoms with Gasteiger partial charge in [-0.25, -0.2) is 13.6 Å². The standard InChI is InChI=1S/C5H3F6O2/c6-3(7)5(10,11)4(8,9)1-13-2-12/h3H,1H2. The molecule has 0 amide bonds. The van der Waals surface area contributed by atoms with Gasteiger partial charge in [-0.15, -0.1) is 0 Å². The maximum absolute atomic E-state index is 12.1. The van der Waals surface area contributed by atoms with Crippen molar-refractivity contribution in [2.75, 3.05) is 6.61 Å². The van der Waals surface area contributed by atoms with E-state index in [4.69, 9.17) is 0 Å². The fourth-order valence-corrected chi connectivity index (χ4v) is 0.376. The van der Waals surface area contributed by atoms with Crippen LogP contribution in [0.3, 0.4) is 0 Å². The summed E-state index contributed by atoms with van der Waals surface area (Å²) in [4.78, 5) is 9.24. The van der Waals surface area contributed by atoms with Crippen molar-refractivity contribution < 1.29 is 35.9 Å². The minimum atomic E-state index is -5.52. The molecule has 0 N–H and O–H groups in total. The number of hydrogen-bond acceptors (Lipinski definition) is 2. The van der Waals surface area contributed by atoms with Crippen LogP contribution in [0, 0.1) is 0 Å². The molecule has 0 spiro atoms. The zero-order valence-corrected chi connectivity index (χ0v) is 5.87. The molecule has 0 atom stereocenters. The summed E-state index contributed by atoms with van der Waals surface area (Å²) in [7, 11) is 0. The van der Waals surface area contributed by atoms with Crippen LogP contribution in [0.2, 0.25) is 0 Å². The number of rotatable bonds is 5. The molecule has 0 aromatic rings. The molecule has 1 radical (unpaired) electrons. The second-order valence-electron chi connectivity index (χ2n) is 2.00. The number of halogens is 6. The molecule has 0 fully saturated rings. The fourth-order valence-electron chi connectivity index (χ4n) is 0.376. The highest BCUT2D eigenvalue weighted by molar-refractivity contribution is 5.38. The first kappa shape index (κ1) is 12.0. The summed E-state index contributed by atoms with van der Waals surface area (Å²) < 4.78 is 74.0. The Kier molecular flexibility index (Phi) is 3.56. The van der Waals surface area contributed by atoms with Gasteiger partial charge in [0.2, 0.25) is 0 Å². The molecule has 0 saturated carbocycles. The number of hydrogen-bond donors (Lipinski definition) is 0. The first-order valence-corrected chi connectivity index (χ1v) is 2.78. The lowest BCUT2D eigenvalue weighted by Gasteiger charge is -2.24. The third kappa shape index (κ3) is 2.49. The monoisotopic (exact) mass is 209 g/mol. The van der Waals surface area contributed by atoms with E-state index in [9.17, 15) is 31.1 Å². The Morgan fingerprint density at radius 3 is 2.00 bits per heavy atom. The van der Waals surface area contributed by atoms with E-state index < -0.39 is 24.9 Å². The van der Waals surface area contributed by atoms with Gasteiger partial charge in [0.15, 0.2) is 6.61 Å². The smallest absolute Gasteiger partial charge is 0.417 e. The molecule has 8 heteroatoms. The van der Waals surface area contributed by atoms with Gasteiger partial charge in [0.25, 0.3) is 0 Å². The average Bonchev–Trinajstić information content (AvgIpc) is 2.00. The van der Waals surface area contributed by atoms with Crippen LogP contribution in [-0.4, -0.2) is 31.3 Å². The maximum atomic E-state index is 12.1. The molecule has 0 heterocycles. The number of ether oxygens (including phenoxy) is 1.